The molecule has 0 amide bonds. The van der Waals surface area contributed by atoms with Crippen LogP contribution < -0.4 is 10.5 Å². The summed E-state index contributed by atoms with van der Waals surface area (Å²) in [7, 11) is 0. The Kier molecular flexibility index (Phi) is 5.99. The molecule has 2 N–H and O–H groups in total. The Bertz CT molecular complexity index is 999. The third-order valence-corrected chi connectivity index (χ3v) is 7.00. The molecule has 3 aromatic rings. The number of ether oxygens (including phenoxy) is 2. The Hall–Kier alpha value is -1.83. The number of nitrogens with two attached hydrogens (primary N) is 1. The monoisotopic (exact) mass is 429 g/mol. The summed E-state index contributed by atoms with van der Waals surface area (Å²) in [4.78, 5) is 11.6. The molecule has 0 radical (unpaired) electrons. The number of thioether (sulfide) groups is 1. The Morgan fingerprint density at radius 3 is 2.66 bits per heavy atom. The fraction of sp³-hybridized carbons (Fsp3) is 0.455. The predicted molar refractivity (Wildman–Crippen MR) is 121 cm³/mol. The summed E-state index contributed by atoms with van der Waals surface area (Å²) in [5.41, 5.74) is 8.85. The van der Waals surface area contributed by atoms with Crippen LogP contribution in [0.5, 0.6) is 5.75 Å². The van der Waals surface area contributed by atoms with Crippen molar-refractivity contribution in [3.05, 3.63) is 40.3 Å². The number of aromatic nitrogens is 2. The number of nitrogens with zero attached hydrogens (tertiary/aromatic N) is 2. The van der Waals surface area contributed by atoms with Gasteiger partial charge in [-0.05, 0) is 43.0 Å². The van der Waals surface area contributed by atoms with E-state index in [4.69, 9.17) is 20.2 Å². The summed E-state index contributed by atoms with van der Waals surface area (Å²) >= 11 is 3.29. The van der Waals surface area contributed by atoms with Crippen molar-refractivity contribution in [1.29, 1.82) is 0 Å². The first-order valence-electron chi connectivity index (χ1n) is 9.98. The van der Waals surface area contributed by atoms with Gasteiger partial charge in [-0.25, -0.2) is 9.97 Å². The van der Waals surface area contributed by atoms with E-state index in [0.717, 1.165) is 33.3 Å². The first-order valence-corrected chi connectivity index (χ1v) is 11.8. The molecule has 0 bridgehead atoms. The number of anilines is 1. The van der Waals surface area contributed by atoms with Gasteiger partial charge in [-0.3, -0.25) is 0 Å². The van der Waals surface area contributed by atoms with Crippen molar-refractivity contribution in [3.8, 4) is 5.75 Å². The minimum absolute atomic E-state index is 0.177. The van der Waals surface area contributed by atoms with E-state index in [1.807, 2.05) is 26.0 Å². The van der Waals surface area contributed by atoms with E-state index in [1.54, 1.807) is 23.1 Å². The molecule has 29 heavy (non-hydrogen) atoms. The van der Waals surface area contributed by atoms with E-state index in [2.05, 4.69) is 31.0 Å². The fourth-order valence-electron chi connectivity index (χ4n) is 3.46. The molecular formula is C22H27N3O2S2. The summed E-state index contributed by atoms with van der Waals surface area (Å²) in [5.74, 6) is 2.74. The van der Waals surface area contributed by atoms with Crippen LogP contribution >= 0.6 is 23.1 Å². The van der Waals surface area contributed by atoms with Gasteiger partial charge in [0, 0.05) is 17.1 Å². The van der Waals surface area contributed by atoms with Crippen LogP contribution in [0.2, 0.25) is 0 Å². The van der Waals surface area contributed by atoms with Crippen LogP contribution in [-0.2, 0) is 23.5 Å². The van der Waals surface area contributed by atoms with Crippen LogP contribution in [0.3, 0.4) is 0 Å². The molecule has 0 spiro atoms. The molecule has 7 heteroatoms. The Balaban J connectivity index is 1.51. The number of hydrogen-bond donors (Lipinski definition) is 1. The lowest BCUT2D eigenvalue weighted by Gasteiger charge is -2.26. The zero-order valence-corrected chi connectivity index (χ0v) is 18.9. The Labute approximate surface area is 180 Å². The summed E-state index contributed by atoms with van der Waals surface area (Å²) in [6, 6.07) is 8.18. The van der Waals surface area contributed by atoms with Gasteiger partial charge in [0.1, 0.15) is 16.4 Å². The number of hydrogen-bond acceptors (Lipinski definition) is 7. The topological polar surface area (TPSA) is 70.3 Å². The molecule has 5 nitrogen and oxygen atoms in total. The molecule has 0 saturated carbocycles. The minimum Gasteiger partial charge on any atom is -0.491 e. The van der Waals surface area contributed by atoms with Gasteiger partial charge in [-0.2, -0.15) is 0 Å². The summed E-state index contributed by atoms with van der Waals surface area (Å²) in [5, 5.41) is 1.75. The van der Waals surface area contributed by atoms with E-state index in [-0.39, 0.29) is 12.2 Å². The van der Waals surface area contributed by atoms with Crippen molar-refractivity contribution in [1.82, 2.24) is 9.97 Å². The maximum absolute atomic E-state index is 6.37. The van der Waals surface area contributed by atoms with Crippen molar-refractivity contribution in [2.24, 2.45) is 5.92 Å². The second-order valence-corrected chi connectivity index (χ2v) is 10.00. The quantitative estimate of drug-likeness (QED) is 0.415. The van der Waals surface area contributed by atoms with Crippen LogP contribution in [0.1, 0.15) is 43.7 Å². The summed E-state index contributed by atoms with van der Waals surface area (Å²) < 4.78 is 11.7. The SMILES string of the molecule is CC(C)Oc1ccc(CSc2nc(N)c3c4c(sc3n2)CO[C@@H](C(C)C)C4)cc1. The van der Waals surface area contributed by atoms with Crippen LogP contribution in [0.25, 0.3) is 10.2 Å². The Morgan fingerprint density at radius 2 is 1.97 bits per heavy atom. The molecule has 4 rings (SSSR count). The molecule has 0 aliphatic carbocycles. The molecule has 0 saturated heterocycles. The Morgan fingerprint density at radius 1 is 1.21 bits per heavy atom. The smallest absolute Gasteiger partial charge is 0.191 e. The third-order valence-electron chi connectivity index (χ3n) is 4.98. The highest BCUT2D eigenvalue weighted by Gasteiger charge is 2.27. The average molecular weight is 430 g/mol. The van der Waals surface area contributed by atoms with Crippen molar-refractivity contribution < 1.29 is 9.47 Å². The third kappa shape index (κ3) is 4.52. The zero-order chi connectivity index (χ0) is 20.5. The standard InChI is InChI=1S/C22H27N3O2S2/c1-12(2)17-9-16-18(10-26-17)29-21-19(16)20(23)24-22(25-21)28-11-14-5-7-15(8-6-14)27-13(3)4/h5-8,12-13,17H,9-11H2,1-4H3,(H2,23,24,25)/t17-/m1/s1. The van der Waals surface area contributed by atoms with Crippen LogP contribution in [0.4, 0.5) is 5.82 Å². The second-order valence-electron chi connectivity index (χ2n) is 7.97. The lowest BCUT2D eigenvalue weighted by molar-refractivity contribution is 0.00203. The van der Waals surface area contributed by atoms with Gasteiger partial charge in [0.15, 0.2) is 5.16 Å². The molecule has 0 unspecified atom stereocenters. The highest BCUT2D eigenvalue weighted by molar-refractivity contribution is 7.98. The maximum atomic E-state index is 6.37. The number of benzene rings is 1. The van der Waals surface area contributed by atoms with Gasteiger partial charge in [-0.1, -0.05) is 37.7 Å². The van der Waals surface area contributed by atoms with Gasteiger partial charge in [0.05, 0.1) is 24.2 Å². The lowest BCUT2D eigenvalue weighted by Crippen LogP contribution is -2.26. The molecule has 1 atom stereocenters. The predicted octanol–water partition coefficient (Wildman–Crippen LogP) is 5.45. The van der Waals surface area contributed by atoms with Gasteiger partial charge >= 0.3 is 0 Å². The number of nitrogen functional groups attached to an aromatic ring is 1. The first-order chi connectivity index (χ1) is 13.9. The van der Waals surface area contributed by atoms with Gasteiger partial charge < -0.3 is 15.2 Å². The second kappa shape index (κ2) is 8.50. The van der Waals surface area contributed by atoms with Gasteiger partial charge in [0.25, 0.3) is 0 Å². The zero-order valence-electron chi connectivity index (χ0n) is 17.3. The fourth-order valence-corrected chi connectivity index (χ4v) is 5.46. The number of rotatable bonds is 6. The lowest BCUT2D eigenvalue weighted by atomic mass is 9.96. The van der Waals surface area contributed by atoms with Crippen LogP contribution in [-0.4, -0.2) is 22.2 Å². The largest absolute Gasteiger partial charge is 0.491 e. The van der Waals surface area contributed by atoms with E-state index in [9.17, 15) is 0 Å². The molecule has 154 valence electrons. The molecule has 1 aromatic carbocycles. The average Bonchev–Trinajstić information content (AvgIpc) is 3.05. The van der Waals surface area contributed by atoms with E-state index < -0.39 is 0 Å². The molecule has 1 aliphatic heterocycles. The number of fused-ring (bicyclic) bond motifs is 3. The molecule has 2 aromatic heterocycles. The van der Waals surface area contributed by atoms with Crippen molar-refractivity contribution >= 4 is 39.1 Å². The van der Waals surface area contributed by atoms with Crippen molar-refractivity contribution in [2.75, 3.05) is 5.73 Å². The van der Waals surface area contributed by atoms with Crippen molar-refractivity contribution in [2.45, 2.75) is 63.8 Å². The van der Waals surface area contributed by atoms with E-state index in [1.165, 1.54) is 16.0 Å². The molecular weight excluding hydrogens is 402 g/mol. The highest BCUT2D eigenvalue weighted by atomic mass is 32.2. The van der Waals surface area contributed by atoms with Gasteiger partial charge in [0.2, 0.25) is 0 Å². The first kappa shape index (κ1) is 20.4. The maximum Gasteiger partial charge on any atom is 0.191 e. The summed E-state index contributed by atoms with van der Waals surface area (Å²) in [6.07, 6.45) is 1.30. The minimum atomic E-state index is 0.177. The number of thiophene rings is 1. The van der Waals surface area contributed by atoms with Crippen LogP contribution in [0, 0.1) is 5.92 Å². The molecule has 0 fully saturated rings. The molecule has 3 heterocycles. The van der Waals surface area contributed by atoms with Crippen molar-refractivity contribution in [3.63, 3.8) is 0 Å². The van der Waals surface area contributed by atoms with E-state index in [0.29, 0.717) is 18.3 Å². The molecule has 1 aliphatic rings. The van der Waals surface area contributed by atoms with Crippen LogP contribution in [0.15, 0.2) is 29.4 Å². The van der Waals surface area contributed by atoms with E-state index >= 15 is 0 Å². The highest BCUT2D eigenvalue weighted by Crippen LogP contribution is 2.39. The summed E-state index contributed by atoms with van der Waals surface area (Å²) in [6.45, 7) is 9.09. The van der Waals surface area contributed by atoms with Gasteiger partial charge in [-0.15, -0.1) is 11.3 Å². The normalized spacial score (nSPS) is 16.6.